The lowest BCUT2D eigenvalue weighted by Crippen LogP contribution is -2.44. The summed E-state index contributed by atoms with van der Waals surface area (Å²) in [6, 6.07) is 0. The van der Waals surface area contributed by atoms with E-state index in [-0.39, 0.29) is 36.0 Å². The molecular formula is C16H29IN4O2S. The van der Waals surface area contributed by atoms with Crippen LogP contribution in [0.25, 0.3) is 0 Å². The number of nitrogens with zero attached hydrogens (tertiary/aromatic N) is 2. The Balaban J connectivity index is 0.00000288. The van der Waals surface area contributed by atoms with Gasteiger partial charge in [-0.05, 0) is 26.2 Å². The molecule has 3 N–H and O–H groups in total. The third-order valence-electron chi connectivity index (χ3n) is 4.12. The number of aryl methyl sites for hydroxylation is 1. The second kappa shape index (κ2) is 11.2. The van der Waals surface area contributed by atoms with E-state index in [4.69, 9.17) is 4.74 Å². The summed E-state index contributed by atoms with van der Waals surface area (Å²) < 4.78 is 5.53. The van der Waals surface area contributed by atoms with Gasteiger partial charge in [-0.15, -0.1) is 35.3 Å². The van der Waals surface area contributed by atoms with E-state index in [0.717, 1.165) is 49.9 Å². The summed E-state index contributed by atoms with van der Waals surface area (Å²) in [4.78, 5) is 10.3. The smallest absolute Gasteiger partial charge is 0.191 e. The molecule has 1 aliphatic rings. The normalized spacial score (nSPS) is 20.7. The monoisotopic (exact) mass is 468 g/mol. The number of aliphatic imine (C=N–C) groups is 1. The third-order valence-corrected chi connectivity index (χ3v) is 5.25. The van der Waals surface area contributed by atoms with Crippen LogP contribution in [0.1, 0.15) is 36.6 Å². The van der Waals surface area contributed by atoms with Crippen molar-refractivity contribution in [2.75, 3.05) is 32.9 Å². The highest BCUT2D eigenvalue weighted by atomic mass is 127. The van der Waals surface area contributed by atoms with Gasteiger partial charge in [-0.2, -0.15) is 0 Å². The van der Waals surface area contributed by atoms with Gasteiger partial charge in [0.25, 0.3) is 0 Å². The topological polar surface area (TPSA) is 78.8 Å². The van der Waals surface area contributed by atoms with Crippen LogP contribution in [0.5, 0.6) is 0 Å². The van der Waals surface area contributed by atoms with E-state index < -0.39 is 0 Å². The predicted octanol–water partition coefficient (Wildman–Crippen LogP) is 2.17. The van der Waals surface area contributed by atoms with Crippen molar-refractivity contribution in [2.24, 2.45) is 10.4 Å². The van der Waals surface area contributed by atoms with Crippen LogP contribution in [0.4, 0.5) is 0 Å². The lowest BCUT2D eigenvalue weighted by atomic mass is 9.84. The maximum absolute atomic E-state index is 9.30. The number of hydrogen-bond acceptors (Lipinski definition) is 5. The standard InChI is InChI=1S/C16H28N4O2S.HI/c1-3-13-9-18-14(23-13)10-19-15(17-4-2)20-11-16(5-7-21)6-8-22-12-16;/h9,21H,3-8,10-12H2,1-2H3,(H2,17,19,20);1H. The number of aromatic nitrogens is 1. The van der Waals surface area contributed by atoms with Crippen LogP contribution in [0.3, 0.4) is 0 Å². The van der Waals surface area contributed by atoms with E-state index >= 15 is 0 Å². The Morgan fingerprint density at radius 2 is 2.29 bits per heavy atom. The van der Waals surface area contributed by atoms with Crippen LogP contribution in [-0.4, -0.2) is 49.0 Å². The third kappa shape index (κ3) is 6.45. The molecule has 1 aromatic rings. The number of aliphatic hydroxyl groups excluding tert-OH is 1. The SMILES string of the molecule is CCNC(=NCc1ncc(CC)s1)NCC1(CCO)CCOC1.I. The molecular weight excluding hydrogens is 439 g/mol. The fraction of sp³-hybridized carbons (Fsp3) is 0.750. The molecule has 24 heavy (non-hydrogen) atoms. The van der Waals surface area contributed by atoms with Crippen LogP contribution in [0.15, 0.2) is 11.2 Å². The number of halogens is 1. The molecule has 2 rings (SSSR count). The quantitative estimate of drug-likeness (QED) is 0.310. The van der Waals surface area contributed by atoms with Crippen LogP contribution in [0.2, 0.25) is 0 Å². The van der Waals surface area contributed by atoms with E-state index in [1.54, 1.807) is 11.3 Å². The zero-order valence-corrected chi connectivity index (χ0v) is 17.7. The number of ether oxygens (including phenoxy) is 1. The fourth-order valence-electron chi connectivity index (χ4n) is 2.66. The first-order valence-electron chi connectivity index (χ1n) is 8.35. The molecule has 2 heterocycles. The predicted molar refractivity (Wildman–Crippen MR) is 109 cm³/mol. The highest BCUT2D eigenvalue weighted by molar-refractivity contribution is 14.0. The molecule has 0 aromatic carbocycles. The average Bonchev–Trinajstić information content (AvgIpc) is 3.20. The van der Waals surface area contributed by atoms with Crippen LogP contribution in [-0.2, 0) is 17.7 Å². The zero-order chi connectivity index (χ0) is 16.5. The van der Waals surface area contributed by atoms with Gasteiger partial charge in [0.2, 0.25) is 0 Å². The van der Waals surface area contributed by atoms with Gasteiger partial charge in [0.1, 0.15) is 5.01 Å². The van der Waals surface area contributed by atoms with Crippen LogP contribution >= 0.6 is 35.3 Å². The minimum absolute atomic E-state index is 0. The van der Waals surface area contributed by atoms with Crippen molar-refractivity contribution in [1.82, 2.24) is 15.6 Å². The van der Waals surface area contributed by atoms with E-state index in [1.165, 1.54) is 4.88 Å². The van der Waals surface area contributed by atoms with Gasteiger partial charge in [-0.3, -0.25) is 0 Å². The molecule has 6 nitrogen and oxygen atoms in total. The van der Waals surface area contributed by atoms with Crippen molar-refractivity contribution in [3.63, 3.8) is 0 Å². The highest BCUT2D eigenvalue weighted by Gasteiger charge is 2.34. The van der Waals surface area contributed by atoms with E-state index in [2.05, 4.69) is 34.5 Å². The van der Waals surface area contributed by atoms with Gasteiger partial charge in [-0.25, -0.2) is 9.98 Å². The molecule has 0 aliphatic carbocycles. The maximum atomic E-state index is 9.30. The molecule has 1 fully saturated rings. The summed E-state index contributed by atoms with van der Waals surface area (Å²) in [5.74, 6) is 0.796. The molecule has 8 heteroatoms. The molecule has 0 spiro atoms. The second-order valence-corrected chi connectivity index (χ2v) is 7.10. The minimum atomic E-state index is 0. The van der Waals surface area contributed by atoms with Crippen molar-refractivity contribution in [2.45, 2.75) is 39.7 Å². The highest BCUT2D eigenvalue weighted by Crippen LogP contribution is 2.31. The van der Waals surface area contributed by atoms with Gasteiger partial charge < -0.3 is 20.5 Å². The number of thiazole rings is 1. The molecule has 1 aliphatic heterocycles. The average molecular weight is 468 g/mol. The Kier molecular flexibility index (Phi) is 10.1. The summed E-state index contributed by atoms with van der Waals surface area (Å²) in [6.07, 6.45) is 4.68. The largest absolute Gasteiger partial charge is 0.396 e. The minimum Gasteiger partial charge on any atom is -0.396 e. The number of hydrogen-bond donors (Lipinski definition) is 3. The van der Waals surface area contributed by atoms with Gasteiger partial charge >= 0.3 is 0 Å². The summed E-state index contributed by atoms with van der Waals surface area (Å²) >= 11 is 1.72. The number of aliphatic hydroxyl groups is 1. The van der Waals surface area contributed by atoms with Crippen LogP contribution in [0, 0.1) is 5.41 Å². The van der Waals surface area contributed by atoms with Gasteiger partial charge in [0, 0.05) is 42.8 Å². The van der Waals surface area contributed by atoms with Crippen molar-refractivity contribution < 1.29 is 9.84 Å². The maximum Gasteiger partial charge on any atom is 0.191 e. The van der Waals surface area contributed by atoms with Crippen molar-refractivity contribution in [1.29, 1.82) is 0 Å². The summed E-state index contributed by atoms with van der Waals surface area (Å²) in [5.41, 5.74) is 0.0154. The molecule has 1 atom stereocenters. The molecule has 1 saturated heterocycles. The van der Waals surface area contributed by atoms with Crippen molar-refractivity contribution in [3.8, 4) is 0 Å². The first-order chi connectivity index (χ1) is 11.2. The summed E-state index contributed by atoms with van der Waals surface area (Å²) in [6.45, 7) is 8.01. The Bertz CT molecular complexity index is 504. The van der Waals surface area contributed by atoms with Gasteiger partial charge in [-0.1, -0.05) is 6.92 Å². The first-order valence-corrected chi connectivity index (χ1v) is 9.17. The second-order valence-electron chi connectivity index (χ2n) is 5.90. The Labute approximate surface area is 165 Å². The fourth-order valence-corrected chi connectivity index (χ4v) is 3.44. The zero-order valence-electron chi connectivity index (χ0n) is 14.5. The molecule has 0 saturated carbocycles. The van der Waals surface area contributed by atoms with E-state index in [1.807, 2.05) is 6.20 Å². The Hall–Kier alpha value is -0.450. The number of rotatable bonds is 8. The first kappa shape index (κ1) is 21.6. The van der Waals surface area contributed by atoms with E-state index in [0.29, 0.717) is 13.2 Å². The molecule has 0 radical (unpaired) electrons. The lowest BCUT2D eigenvalue weighted by Gasteiger charge is -2.27. The van der Waals surface area contributed by atoms with Crippen molar-refractivity contribution >= 4 is 41.3 Å². The molecule has 1 aromatic heterocycles. The van der Waals surface area contributed by atoms with Gasteiger partial charge in [0.15, 0.2) is 5.96 Å². The molecule has 0 amide bonds. The molecule has 138 valence electrons. The lowest BCUT2D eigenvalue weighted by molar-refractivity contribution is 0.127. The Morgan fingerprint density at radius 3 is 2.88 bits per heavy atom. The summed E-state index contributed by atoms with van der Waals surface area (Å²) in [7, 11) is 0. The Morgan fingerprint density at radius 1 is 1.46 bits per heavy atom. The molecule has 1 unspecified atom stereocenters. The molecule has 0 bridgehead atoms. The summed E-state index contributed by atoms with van der Waals surface area (Å²) in [5, 5.41) is 17.0. The van der Waals surface area contributed by atoms with Crippen LogP contribution < -0.4 is 10.6 Å². The van der Waals surface area contributed by atoms with Crippen molar-refractivity contribution in [3.05, 3.63) is 16.1 Å². The number of nitrogens with one attached hydrogen (secondary N) is 2. The number of guanidine groups is 1. The van der Waals surface area contributed by atoms with E-state index in [9.17, 15) is 5.11 Å². The van der Waals surface area contributed by atoms with Gasteiger partial charge in [0.05, 0.1) is 13.2 Å².